The SMILES string of the molecule is CN(C)CC1CNc2ccc(NC(=O)OC(C)(C)C)cc21. The molecule has 0 fully saturated rings. The third kappa shape index (κ3) is 4.36. The third-order valence-corrected chi connectivity index (χ3v) is 3.26. The Morgan fingerprint density at radius 1 is 1.43 bits per heavy atom. The molecule has 1 aliphatic rings. The van der Waals surface area contributed by atoms with Crippen LogP contribution in [0.1, 0.15) is 32.3 Å². The van der Waals surface area contributed by atoms with Gasteiger partial charge in [-0.05, 0) is 58.6 Å². The first-order valence-corrected chi connectivity index (χ1v) is 7.27. The Kier molecular flexibility index (Phi) is 4.42. The average Bonchev–Trinajstić information content (AvgIpc) is 2.68. The standard InChI is InChI=1S/C16H25N3O2/c1-16(2,3)21-15(20)18-12-6-7-14-13(8-12)11(9-17-14)10-19(4)5/h6-8,11,17H,9-10H2,1-5H3,(H,18,20). The van der Waals surface area contributed by atoms with E-state index < -0.39 is 11.7 Å². The highest BCUT2D eigenvalue weighted by molar-refractivity contribution is 5.85. The third-order valence-electron chi connectivity index (χ3n) is 3.26. The summed E-state index contributed by atoms with van der Waals surface area (Å²) < 4.78 is 5.28. The number of hydrogen-bond donors (Lipinski definition) is 2. The van der Waals surface area contributed by atoms with Crippen molar-refractivity contribution in [2.24, 2.45) is 0 Å². The van der Waals surface area contributed by atoms with Gasteiger partial charge < -0.3 is 15.0 Å². The smallest absolute Gasteiger partial charge is 0.412 e. The molecule has 1 aromatic rings. The van der Waals surface area contributed by atoms with Gasteiger partial charge in [-0.25, -0.2) is 4.79 Å². The van der Waals surface area contributed by atoms with E-state index in [0.717, 1.165) is 24.5 Å². The lowest BCUT2D eigenvalue weighted by molar-refractivity contribution is 0.0636. The van der Waals surface area contributed by atoms with Crippen LogP contribution in [0.25, 0.3) is 0 Å². The molecular formula is C16H25N3O2. The topological polar surface area (TPSA) is 53.6 Å². The molecule has 1 aliphatic heterocycles. The van der Waals surface area contributed by atoms with E-state index in [9.17, 15) is 4.79 Å². The molecule has 1 aromatic carbocycles. The highest BCUT2D eigenvalue weighted by Crippen LogP contribution is 2.33. The number of carbonyl (C=O) groups is 1. The Bertz CT molecular complexity index is 521. The first kappa shape index (κ1) is 15.6. The van der Waals surface area contributed by atoms with Crippen LogP contribution < -0.4 is 10.6 Å². The highest BCUT2D eigenvalue weighted by atomic mass is 16.6. The van der Waals surface area contributed by atoms with Crippen LogP contribution >= 0.6 is 0 Å². The number of rotatable bonds is 3. The number of benzene rings is 1. The van der Waals surface area contributed by atoms with Crippen LogP contribution in [0.3, 0.4) is 0 Å². The molecule has 5 nitrogen and oxygen atoms in total. The van der Waals surface area contributed by atoms with Crippen LogP contribution in [-0.2, 0) is 4.74 Å². The molecule has 0 aliphatic carbocycles. The maximum atomic E-state index is 11.8. The summed E-state index contributed by atoms with van der Waals surface area (Å²) in [6.45, 7) is 7.48. The van der Waals surface area contributed by atoms with Gasteiger partial charge in [0.15, 0.2) is 0 Å². The summed E-state index contributed by atoms with van der Waals surface area (Å²) in [7, 11) is 4.14. The molecule has 21 heavy (non-hydrogen) atoms. The molecule has 0 saturated heterocycles. The van der Waals surface area contributed by atoms with E-state index in [1.54, 1.807) is 0 Å². The largest absolute Gasteiger partial charge is 0.444 e. The normalized spacial score (nSPS) is 17.3. The van der Waals surface area contributed by atoms with Gasteiger partial charge in [0.2, 0.25) is 0 Å². The first-order chi connectivity index (χ1) is 9.74. The molecule has 0 saturated carbocycles. The van der Waals surface area contributed by atoms with Crippen molar-refractivity contribution in [2.75, 3.05) is 37.8 Å². The number of likely N-dealkylation sites (N-methyl/N-ethyl adjacent to an activating group) is 1. The van der Waals surface area contributed by atoms with Gasteiger partial charge in [-0.15, -0.1) is 0 Å². The van der Waals surface area contributed by atoms with E-state index in [1.807, 2.05) is 39.0 Å². The van der Waals surface area contributed by atoms with E-state index in [1.165, 1.54) is 5.56 Å². The molecule has 1 atom stereocenters. The Balaban J connectivity index is 2.08. The number of amides is 1. The second-order valence-corrected chi connectivity index (χ2v) is 6.77. The van der Waals surface area contributed by atoms with Crippen LogP contribution in [0, 0.1) is 0 Å². The van der Waals surface area contributed by atoms with Crippen molar-refractivity contribution in [2.45, 2.75) is 32.3 Å². The monoisotopic (exact) mass is 291 g/mol. The minimum atomic E-state index is -0.490. The van der Waals surface area contributed by atoms with Gasteiger partial charge in [-0.1, -0.05) is 0 Å². The van der Waals surface area contributed by atoms with Crippen LogP contribution in [0.2, 0.25) is 0 Å². The second kappa shape index (κ2) is 5.93. The fraction of sp³-hybridized carbons (Fsp3) is 0.562. The lowest BCUT2D eigenvalue weighted by Gasteiger charge is -2.20. The Hall–Kier alpha value is -1.75. The Morgan fingerprint density at radius 3 is 2.76 bits per heavy atom. The second-order valence-electron chi connectivity index (χ2n) is 6.77. The molecule has 0 bridgehead atoms. The Labute approximate surface area is 126 Å². The van der Waals surface area contributed by atoms with E-state index >= 15 is 0 Å². The first-order valence-electron chi connectivity index (χ1n) is 7.27. The van der Waals surface area contributed by atoms with Gasteiger partial charge in [-0.3, -0.25) is 5.32 Å². The number of nitrogens with one attached hydrogen (secondary N) is 2. The van der Waals surface area contributed by atoms with Crippen LogP contribution in [0.15, 0.2) is 18.2 Å². The highest BCUT2D eigenvalue weighted by Gasteiger charge is 2.23. The predicted molar refractivity (Wildman–Crippen MR) is 86.1 cm³/mol. The van der Waals surface area contributed by atoms with E-state index in [0.29, 0.717) is 5.92 Å². The van der Waals surface area contributed by atoms with Gasteiger partial charge in [0.05, 0.1) is 0 Å². The lowest BCUT2D eigenvalue weighted by Crippen LogP contribution is -2.27. The summed E-state index contributed by atoms with van der Waals surface area (Å²) in [6, 6.07) is 5.94. The molecule has 0 aromatic heterocycles. The van der Waals surface area contributed by atoms with Crippen LogP contribution in [-0.4, -0.2) is 43.8 Å². The summed E-state index contributed by atoms with van der Waals surface area (Å²) >= 11 is 0. The number of nitrogens with zero attached hydrogens (tertiary/aromatic N) is 1. The van der Waals surface area contributed by atoms with Gasteiger partial charge >= 0.3 is 6.09 Å². The summed E-state index contributed by atoms with van der Waals surface area (Å²) in [4.78, 5) is 14.0. The maximum Gasteiger partial charge on any atom is 0.412 e. The van der Waals surface area contributed by atoms with Gasteiger partial charge in [0.1, 0.15) is 5.60 Å². The van der Waals surface area contributed by atoms with Gasteiger partial charge in [-0.2, -0.15) is 0 Å². The molecule has 0 radical (unpaired) electrons. The Morgan fingerprint density at radius 2 is 2.14 bits per heavy atom. The van der Waals surface area contributed by atoms with Crippen molar-refractivity contribution >= 4 is 17.5 Å². The zero-order chi connectivity index (χ0) is 15.6. The summed E-state index contributed by atoms with van der Waals surface area (Å²) in [5, 5.41) is 6.20. The zero-order valence-electron chi connectivity index (χ0n) is 13.5. The van der Waals surface area contributed by atoms with Crippen LogP contribution in [0.5, 0.6) is 0 Å². The fourth-order valence-electron chi connectivity index (χ4n) is 2.51. The van der Waals surface area contributed by atoms with E-state index in [2.05, 4.69) is 29.6 Å². The van der Waals surface area contributed by atoms with Crippen molar-refractivity contribution in [3.8, 4) is 0 Å². The molecule has 1 unspecified atom stereocenters. The van der Waals surface area contributed by atoms with Gasteiger partial charge in [0, 0.05) is 30.4 Å². The number of ether oxygens (including phenoxy) is 1. The van der Waals surface area contributed by atoms with E-state index in [4.69, 9.17) is 4.74 Å². The van der Waals surface area contributed by atoms with Gasteiger partial charge in [0.25, 0.3) is 0 Å². The maximum absolute atomic E-state index is 11.8. The van der Waals surface area contributed by atoms with Crippen LogP contribution in [0.4, 0.5) is 16.2 Å². The molecule has 2 rings (SSSR count). The molecule has 5 heteroatoms. The predicted octanol–water partition coefficient (Wildman–Crippen LogP) is 3.10. The summed E-state index contributed by atoms with van der Waals surface area (Å²) in [5.41, 5.74) is 2.68. The van der Waals surface area contributed by atoms with Crippen molar-refractivity contribution in [3.05, 3.63) is 23.8 Å². The molecule has 2 N–H and O–H groups in total. The molecule has 1 heterocycles. The van der Waals surface area contributed by atoms with E-state index in [-0.39, 0.29) is 0 Å². The lowest BCUT2D eigenvalue weighted by atomic mass is 10.0. The van der Waals surface area contributed by atoms with Crippen molar-refractivity contribution in [1.82, 2.24) is 4.90 Å². The molecular weight excluding hydrogens is 266 g/mol. The average molecular weight is 291 g/mol. The van der Waals surface area contributed by atoms with Crippen molar-refractivity contribution in [1.29, 1.82) is 0 Å². The molecule has 0 spiro atoms. The number of anilines is 2. The fourth-order valence-corrected chi connectivity index (χ4v) is 2.51. The molecule has 116 valence electrons. The molecule has 1 amide bonds. The number of carbonyl (C=O) groups excluding carboxylic acids is 1. The quantitative estimate of drug-likeness (QED) is 0.898. The number of hydrogen-bond acceptors (Lipinski definition) is 4. The van der Waals surface area contributed by atoms with Crippen molar-refractivity contribution < 1.29 is 9.53 Å². The minimum absolute atomic E-state index is 0.419. The summed E-state index contributed by atoms with van der Waals surface area (Å²) in [6.07, 6.45) is -0.419. The minimum Gasteiger partial charge on any atom is -0.444 e. The zero-order valence-corrected chi connectivity index (χ0v) is 13.5. The summed E-state index contributed by atoms with van der Waals surface area (Å²) in [5.74, 6) is 0.440. The number of fused-ring (bicyclic) bond motifs is 1. The van der Waals surface area contributed by atoms with Crippen molar-refractivity contribution in [3.63, 3.8) is 0 Å².